The topological polar surface area (TPSA) is 86.7 Å². The van der Waals surface area contributed by atoms with Gasteiger partial charge in [0.2, 0.25) is 0 Å². The highest BCUT2D eigenvalue weighted by molar-refractivity contribution is 5.99. The van der Waals surface area contributed by atoms with Gasteiger partial charge in [-0.05, 0) is 53.1 Å². The lowest BCUT2D eigenvalue weighted by atomic mass is 10.00. The van der Waals surface area contributed by atoms with Crippen LogP contribution >= 0.6 is 0 Å². The minimum atomic E-state index is 0.169. The van der Waals surface area contributed by atoms with Crippen LogP contribution in [0.5, 0.6) is 5.75 Å². The predicted molar refractivity (Wildman–Crippen MR) is 135 cm³/mol. The molecule has 0 saturated carbocycles. The van der Waals surface area contributed by atoms with Crippen LogP contribution in [0.25, 0.3) is 44.2 Å². The van der Waals surface area contributed by atoms with Crippen molar-refractivity contribution in [1.29, 1.82) is 0 Å². The number of anilines is 1. The number of aromatic nitrogens is 4. The molecule has 0 aliphatic heterocycles. The molecule has 0 amide bonds. The molecule has 0 aliphatic carbocycles. The zero-order chi connectivity index (χ0) is 22.9. The summed E-state index contributed by atoms with van der Waals surface area (Å²) in [6.07, 6.45) is 9.06. The molecule has 0 aliphatic rings. The van der Waals surface area contributed by atoms with Crippen molar-refractivity contribution in [2.24, 2.45) is 0 Å². The van der Waals surface area contributed by atoms with Crippen molar-refractivity contribution in [3.63, 3.8) is 0 Å². The fraction of sp³-hybridized carbons (Fsp3) is 0.0357. The monoisotopic (exact) mass is 443 g/mol. The van der Waals surface area contributed by atoms with Gasteiger partial charge in [-0.25, -0.2) is 4.98 Å². The normalized spacial score (nSPS) is 11.2. The van der Waals surface area contributed by atoms with Crippen LogP contribution in [0.1, 0.15) is 5.56 Å². The fourth-order valence-corrected chi connectivity index (χ4v) is 4.22. The van der Waals surface area contributed by atoms with Gasteiger partial charge in [0, 0.05) is 65.1 Å². The molecular formula is C28H21N5O. The summed E-state index contributed by atoms with van der Waals surface area (Å²) >= 11 is 0. The minimum Gasteiger partial charge on any atom is -0.506 e. The Labute approximate surface area is 196 Å². The lowest BCUT2D eigenvalue weighted by molar-refractivity contribution is 0.480. The Kier molecular flexibility index (Phi) is 4.88. The van der Waals surface area contributed by atoms with E-state index >= 15 is 0 Å². The number of rotatable bonds is 5. The first kappa shape index (κ1) is 19.9. The van der Waals surface area contributed by atoms with Crippen LogP contribution in [-0.2, 0) is 6.54 Å². The second kappa shape index (κ2) is 8.33. The number of fused-ring (bicyclic) bond motifs is 2. The Hall–Kier alpha value is -4.71. The van der Waals surface area contributed by atoms with Gasteiger partial charge in [0.1, 0.15) is 16.9 Å². The first-order valence-electron chi connectivity index (χ1n) is 11.0. The van der Waals surface area contributed by atoms with Gasteiger partial charge in [0.15, 0.2) is 0 Å². The molecule has 4 heterocycles. The number of nitrogens with one attached hydrogen (secondary N) is 2. The number of pyridine rings is 3. The molecular weight excluding hydrogens is 422 g/mol. The number of hydrogen-bond donors (Lipinski definition) is 3. The molecule has 34 heavy (non-hydrogen) atoms. The summed E-state index contributed by atoms with van der Waals surface area (Å²) < 4.78 is 0. The Morgan fingerprint density at radius 1 is 0.824 bits per heavy atom. The molecule has 2 aromatic carbocycles. The molecule has 0 unspecified atom stereocenters. The number of nitrogens with zero attached hydrogens (tertiary/aromatic N) is 3. The third-order valence-electron chi connectivity index (χ3n) is 5.99. The molecule has 0 atom stereocenters. The molecule has 0 fully saturated rings. The van der Waals surface area contributed by atoms with Crippen LogP contribution < -0.4 is 5.32 Å². The number of hydrogen-bond acceptors (Lipinski definition) is 5. The van der Waals surface area contributed by atoms with Gasteiger partial charge >= 0.3 is 0 Å². The van der Waals surface area contributed by atoms with E-state index < -0.39 is 0 Å². The number of benzene rings is 2. The summed E-state index contributed by atoms with van der Waals surface area (Å²) in [5.41, 5.74) is 7.69. The van der Waals surface area contributed by atoms with E-state index in [1.54, 1.807) is 24.7 Å². The smallest absolute Gasteiger partial charge is 0.142 e. The van der Waals surface area contributed by atoms with Crippen molar-refractivity contribution in [2.75, 3.05) is 5.32 Å². The standard InChI is InChI=1S/C28H21N5O/c34-26-14-21(12-20-2-1-9-30-27(20)26)25-17-33-28-24(25)13-22(16-32-28)19-5-3-18(4-6-19)15-31-23-7-10-29-11-8-23/h1-14,16-17,34H,15H2,(H,29,31)(H,32,33). The molecule has 6 aromatic rings. The van der Waals surface area contributed by atoms with E-state index in [1.807, 2.05) is 42.7 Å². The predicted octanol–water partition coefficient (Wildman–Crippen LogP) is 6.16. The second-order valence-corrected chi connectivity index (χ2v) is 8.18. The zero-order valence-electron chi connectivity index (χ0n) is 18.2. The van der Waals surface area contributed by atoms with Crippen molar-refractivity contribution in [2.45, 2.75) is 6.54 Å². The summed E-state index contributed by atoms with van der Waals surface area (Å²) in [6.45, 7) is 0.740. The van der Waals surface area contributed by atoms with Crippen molar-refractivity contribution in [3.8, 4) is 28.0 Å². The van der Waals surface area contributed by atoms with Gasteiger partial charge in [-0.1, -0.05) is 30.3 Å². The Morgan fingerprint density at radius 3 is 2.53 bits per heavy atom. The van der Waals surface area contributed by atoms with Crippen molar-refractivity contribution < 1.29 is 5.11 Å². The highest BCUT2D eigenvalue weighted by atomic mass is 16.3. The van der Waals surface area contributed by atoms with Crippen molar-refractivity contribution >= 4 is 27.6 Å². The molecule has 0 spiro atoms. The largest absolute Gasteiger partial charge is 0.506 e. The van der Waals surface area contributed by atoms with E-state index in [2.05, 4.69) is 55.6 Å². The SMILES string of the molecule is Oc1cc(-c2c[nH]c3ncc(-c4ccc(CNc5ccncc5)cc4)cc23)cc2cccnc12. The van der Waals surface area contributed by atoms with Crippen molar-refractivity contribution in [3.05, 3.63) is 103 Å². The molecule has 0 saturated heterocycles. The number of phenols is 1. The average Bonchev–Trinajstić information content (AvgIpc) is 3.32. The Bertz CT molecular complexity index is 1610. The van der Waals surface area contributed by atoms with Gasteiger partial charge in [-0.15, -0.1) is 0 Å². The molecule has 4 aromatic heterocycles. The molecule has 164 valence electrons. The van der Waals surface area contributed by atoms with E-state index in [9.17, 15) is 5.11 Å². The number of H-pyrrole nitrogens is 1. The van der Waals surface area contributed by atoms with Gasteiger partial charge in [0.25, 0.3) is 0 Å². The third-order valence-corrected chi connectivity index (χ3v) is 5.99. The Morgan fingerprint density at radius 2 is 1.68 bits per heavy atom. The van der Waals surface area contributed by atoms with Crippen molar-refractivity contribution in [1.82, 2.24) is 19.9 Å². The van der Waals surface area contributed by atoms with Crippen LogP contribution in [-0.4, -0.2) is 25.0 Å². The average molecular weight is 444 g/mol. The number of phenolic OH excluding ortho intramolecular Hbond substituents is 1. The maximum Gasteiger partial charge on any atom is 0.142 e. The Balaban J connectivity index is 1.31. The first-order chi connectivity index (χ1) is 16.7. The zero-order valence-corrected chi connectivity index (χ0v) is 18.2. The number of aromatic hydroxyl groups is 1. The van der Waals surface area contributed by atoms with Gasteiger partial charge < -0.3 is 15.4 Å². The summed E-state index contributed by atoms with van der Waals surface area (Å²) in [5, 5.41) is 15.8. The molecule has 0 bridgehead atoms. The maximum absolute atomic E-state index is 10.5. The van der Waals surface area contributed by atoms with Gasteiger partial charge in [-0.3, -0.25) is 9.97 Å². The van der Waals surface area contributed by atoms with E-state index in [0.29, 0.717) is 5.52 Å². The summed E-state index contributed by atoms with van der Waals surface area (Å²) in [5.74, 6) is 0.169. The highest BCUT2D eigenvalue weighted by Gasteiger charge is 2.12. The van der Waals surface area contributed by atoms with Crippen LogP contribution in [0.15, 0.2) is 97.7 Å². The summed E-state index contributed by atoms with van der Waals surface area (Å²) in [6, 6.07) is 22.2. The maximum atomic E-state index is 10.5. The molecule has 6 heteroatoms. The third kappa shape index (κ3) is 3.71. The fourth-order valence-electron chi connectivity index (χ4n) is 4.22. The molecule has 3 N–H and O–H groups in total. The van der Waals surface area contributed by atoms with E-state index in [-0.39, 0.29) is 5.75 Å². The highest BCUT2D eigenvalue weighted by Crippen LogP contribution is 2.35. The van der Waals surface area contributed by atoms with Crippen LogP contribution in [0.2, 0.25) is 0 Å². The van der Waals surface area contributed by atoms with Crippen LogP contribution in [0.3, 0.4) is 0 Å². The minimum absolute atomic E-state index is 0.169. The van der Waals surface area contributed by atoms with E-state index in [4.69, 9.17) is 0 Å². The first-order valence-corrected chi connectivity index (χ1v) is 11.0. The lowest BCUT2D eigenvalue weighted by Gasteiger charge is -2.08. The van der Waals surface area contributed by atoms with E-state index in [0.717, 1.165) is 50.9 Å². The second-order valence-electron chi connectivity index (χ2n) is 8.18. The van der Waals surface area contributed by atoms with Crippen LogP contribution in [0, 0.1) is 0 Å². The molecule has 6 nitrogen and oxygen atoms in total. The quantitative estimate of drug-likeness (QED) is 0.297. The summed E-state index contributed by atoms with van der Waals surface area (Å²) in [4.78, 5) is 16.2. The summed E-state index contributed by atoms with van der Waals surface area (Å²) in [7, 11) is 0. The number of aromatic amines is 1. The van der Waals surface area contributed by atoms with Gasteiger partial charge in [0.05, 0.1) is 0 Å². The van der Waals surface area contributed by atoms with E-state index in [1.165, 1.54) is 5.56 Å². The van der Waals surface area contributed by atoms with Crippen LogP contribution in [0.4, 0.5) is 5.69 Å². The molecule has 6 rings (SSSR count). The lowest BCUT2D eigenvalue weighted by Crippen LogP contribution is -1.99. The molecule has 0 radical (unpaired) electrons. The van der Waals surface area contributed by atoms with Gasteiger partial charge in [-0.2, -0.15) is 0 Å².